The number of fused-ring (bicyclic) bond motifs is 1. The quantitative estimate of drug-likeness (QED) is 0.603. The van der Waals surface area contributed by atoms with Gasteiger partial charge in [0, 0.05) is 42.0 Å². The highest BCUT2D eigenvalue weighted by Crippen LogP contribution is 2.42. The normalized spacial score (nSPS) is 24.3. The van der Waals surface area contributed by atoms with Gasteiger partial charge in [0.2, 0.25) is 5.91 Å². The van der Waals surface area contributed by atoms with Gasteiger partial charge in [-0.1, -0.05) is 35.9 Å². The van der Waals surface area contributed by atoms with Crippen molar-refractivity contribution in [3.8, 4) is 0 Å². The van der Waals surface area contributed by atoms with E-state index >= 15 is 0 Å². The van der Waals surface area contributed by atoms with Crippen molar-refractivity contribution in [3.63, 3.8) is 0 Å². The predicted octanol–water partition coefficient (Wildman–Crippen LogP) is 4.23. The molecule has 3 aromatic rings. The van der Waals surface area contributed by atoms with Crippen molar-refractivity contribution in [1.29, 1.82) is 0 Å². The Morgan fingerprint density at radius 2 is 1.79 bits per heavy atom. The minimum absolute atomic E-state index is 0.0521. The SMILES string of the molecule is NCC1(c2cccc(Cl)c2)CCC(C(=O)N2CCC(n3c(=O)[nH]c4ccccc43)CC2)CC1. The summed E-state index contributed by atoms with van der Waals surface area (Å²) in [6.07, 6.45) is 5.11. The second-order valence-electron chi connectivity index (χ2n) is 9.64. The lowest BCUT2D eigenvalue weighted by atomic mass is 9.66. The zero-order valence-electron chi connectivity index (χ0n) is 18.8. The Hall–Kier alpha value is -2.57. The number of carbonyl (C=O) groups is 1. The largest absolute Gasteiger partial charge is 0.342 e. The van der Waals surface area contributed by atoms with E-state index in [0.29, 0.717) is 19.6 Å². The van der Waals surface area contributed by atoms with Crippen LogP contribution in [0.15, 0.2) is 53.3 Å². The number of nitrogens with one attached hydrogen (secondary N) is 1. The third kappa shape index (κ3) is 4.11. The number of hydrogen-bond acceptors (Lipinski definition) is 3. The van der Waals surface area contributed by atoms with Crippen molar-refractivity contribution in [2.75, 3.05) is 19.6 Å². The van der Waals surface area contributed by atoms with Gasteiger partial charge in [-0.15, -0.1) is 0 Å². The van der Waals surface area contributed by atoms with Gasteiger partial charge in [-0.2, -0.15) is 0 Å². The minimum Gasteiger partial charge on any atom is -0.342 e. The number of rotatable bonds is 4. The van der Waals surface area contributed by atoms with Crippen LogP contribution in [0.25, 0.3) is 11.0 Å². The molecule has 7 heteroatoms. The molecule has 0 atom stereocenters. The highest BCUT2D eigenvalue weighted by Gasteiger charge is 2.39. The van der Waals surface area contributed by atoms with Crippen LogP contribution in [-0.2, 0) is 10.2 Å². The van der Waals surface area contributed by atoms with Crippen molar-refractivity contribution in [2.24, 2.45) is 11.7 Å². The summed E-state index contributed by atoms with van der Waals surface area (Å²) in [5, 5.41) is 0.732. The number of aromatic nitrogens is 2. The van der Waals surface area contributed by atoms with Crippen LogP contribution in [0.3, 0.4) is 0 Å². The summed E-state index contributed by atoms with van der Waals surface area (Å²) in [5.41, 5.74) is 9.07. The fraction of sp³-hybridized carbons (Fsp3) is 0.462. The molecule has 6 nitrogen and oxygen atoms in total. The fourth-order valence-electron chi connectivity index (χ4n) is 5.89. The monoisotopic (exact) mass is 466 g/mol. The Bertz CT molecular complexity index is 1200. The molecular weight excluding hydrogens is 436 g/mol. The van der Waals surface area contributed by atoms with Gasteiger partial charge in [-0.25, -0.2) is 4.79 Å². The number of amides is 1. The summed E-state index contributed by atoms with van der Waals surface area (Å²) < 4.78 is 1.87. The molecule has 2 aliphatic rings. The van der Waals surface area contributed by atoms with Gasteiger partial charge < -0.3 is 15.6 Å². The first-order valence-electron chi connectivity index (χ1n) is 11.9. The third-order valence-corrected chi connectivity index (χ3v) is 8.12. The van der Waals surface area contributed by atoms with Crippen molar-refractivity contribution < 1.29 is 4.79 Å². The molecule has 1 aliphatic heterocycles. The molecule has 5 rings (SSSR count). The molecule has 0 radical (unpaired) electrons. The van der Waals surface area contributed by atoms with Crippen LogP contribution < -0.4 is 11.4 Å². The van der Waals surface area contributed by atoms with Crippen LogP contribution in [0.5, 0.6) is 0 Å². The summed E-state index contributed by atoms with van der Waals surface area (Å²) in [6, 6.07) is 15.9. The number of nitrogens with zero attached hydrogens (tertiary/aromatic N) is 2. The Morgan fingerprint density at radius 3 is 2.48 bits per heavy atom. The van der Waals surface area contributed by atoms with Gasteiger partial charge in [0.05, 0.1) is 11.0 Å². The molecule has 174 valence electrons. The Labute approximate surface area is 198 Å². The first kappa shape index (κ1) is 22.2. The van der Waals surface area contributed by atoms with E-state index in [1.54, 1.807) is 0 Å². The van der Waals surface area contributed by atoms with Gasteiger partial charge in [-0.3, -0.25) is 9.36 Å². The Kier molecular flexibility index (Phi) is 6.06. The maximum absolute atomic E-state index is 13.3. The first-order chi connectivity index (χ1) is 16.0. The summed E-state index contributed by atoms with van der Waals surface area (Å²) in [7, 11) is 0. The van der Waals surface area contributed by atoms with E-state index in [1.165, 1.54) is 5.56 Å². The number of likely N-dealkylation sites (tertiary alicyclic amines) is 1. The molecule has 2 fully saturated rings. The summed E-state index contributed by atoms with van der Waals surface area (Å²) in [5.74, 6) is 0.313. The van der Waals surface area contributed by atoms with E-state index in [4.69, 9.17) is 17.3 Å². The number of halogens is 1. The number of H-pyrrole nitrogens is 1. The second kappa shape index (κ2) is 8.99. The average molecular weight is 467 g/mol. The van der Waals surface area contributed by atoms with Crippen LogP contribution >= 0.6 is 11.6 Å². The molecule has 0 bridgehead atoms. The molecule has 0 unspecified atom stereocenters. The second-order valence-corrected chi connectivity index (χ2v) is 10.1. The standard InChI is InChI=1S/C26H31ClN4O2/c27-20-5-3-4-19(16-20)26(17-28)12-8-18(9-13-26)24(32)30-14-10-21(11-15-30)31-23-7-2-1-6-22(23)29-25(31)33/h1-7,16,18,21H,8-15,17,28H2,(H,29,33). The highest BCUT2D eigenvalue weighted by molar-refractivity contribution is 6.30. The van der Waals surface area contributed by atoms with Crippen LogP contribution in [0, 0.1) is 5.92 Å². The lowest BCUT2D eigenvalue weighted by molar-refractivity contribution is -0.138. The van der Waals surface area contributed by atoms with E-state index in [9.17, 15) is 9.59 Å². The van der Waals surface area contributed by atoms with Gasteiger partial charge in [-0.05, 0) is 68.4 Å². The number of carbonyl (C=O) groups excluding carboxylic acids is 1. The number of benzene rings is 2. The lowest BCUT2D eigenvalue weighted by Crippen LogP contribution is -2.46. The van der Waals surface area contributed by atoms with Gasteiger partial charge in [0.25, 0.3) is 0 Å². The maximum Gasteiger partial charge on any atom is 0.326 e. The average Bonchev–Trinajstić information content (AvgIpc) is 3.19. The number of piperidine rings is 1. The van der Waals surface area contributed by atoms with E-state index in [-0.39, 0.29) is 29.0 Å². The first-order valence-corrected chi connectivity index (χ1v) is 12.3. The van der Waals surface area contributed by atoms with Crippen LogP contribution in [0.4, 0.5) is 0 Å². The molecule has 33 heavy (non-hydrogen) atoms. The maximum atomic E-state index is 13.3. The summed E-state index contributed by atoms with van der Waals surface area (Å²) >= 11 is 6.23. The van der Waals surface area contributed by atoms with E-state index in [0.717, 1.165) is 54.6 Å². The van der Waals surface area contributed by atoms with Crippen molar-refractivity contribution in [1.82, 2.24) is 14.5 Å². The molecule has 3 N–H and O–H groups in total. The molecule has 1 aliphatic carbocycles. The van der Waals surface area contributed by atoms with E-state index in [2.05, 4.69) is 11.1 Å². The number of imidazole rings is 1. The highest BCUT2D eigenvalue weighted by atomic mass is 35.5. The zero-order chi connectivity index (χ0) is 23.0. The summed E-state index contributed by atoms with van der Waals surface area (Å²) in [4.78, 5) is 30.8. The molecular formula is C26H31ClN4O2. The molecule has 2 heterocycles. The summed E-state index contributed by atoms with van der Waals surface area (Å²) in [6.45, 7) is 1.96. The molecule has 1 amide bonds. The number of para-hydroxylation sites is 2. The molecule has 1 aromatic heterocycles. The lowest BCUT2D eigenvalue weighted by Gasteiger charge is -2.41. The van der Waals surface area contributed by atoms with E-state index in [1.807, 2.05) is 51.9 Å². The van der Waals surface area contributed by atoms with Crippen molar-refractivity contribution in [3.05, 3.63) is 69.6 Å². The Balaban J connectivity index is 1.22. The minimum atomic E-state index is -0.0921. The molecule has 1 saturated carbocycles. The van der Waals surface area contributed by atoms with Gasteiger partial charge in [0.15, 0.2) is 0 Å². The smallest absolute Gasteiger partial charge is 0.326 e. The van der Waals surface area contributed by atoms with Crippen LogP contribution in [-0.4, -0.2) is 40.0 Å². The van der Waals surface area contributed by atoms with Crippen LogP contribution in [0.2, 0.25) is 5.02 Å². The Morgan fingerprint density at radius 1 is 1.06 bits per heavy atom. The van der Waals surface area contributed by atoms with Gasteiger partial charge in [0.1, 0.15) is 0 Å². The molecule has 2 aromatic carbocycles. The molecule has 0 spiro atoms. The van der Waals surface area contributed by atoms with Crippen LogP contribution in [0.1, 0.15) is 50.1 Å². The topological polar surface area (TPSA) is 84.1 Å². The van der Waals surface area contributed by atoms with E-state index < -0.39 is 0 Å². The van der Waals surface area contributed by atoms with Crippen molar-refractivity contribution >= 4 is 28.5 Å². The third-order valence-electron chi connectivity index (χ3n) is 7.88. The number of hydrogen-bond donors (Lipinski definition) is 2. The predicted molar refractivity (Wildman–Crippen MR) is 132 cm³/mol. The number of nitrogens with two attached hydrogens (primary N) is 1. The molecule has 1 saturated heterocycles. The fourth-order valence-corrected chi connectivity index (χ4v) is 6.08. The number of aromatic amines is 1. The van der Waals surface area contributed by atoms with Crippen molar-refractivity contribution in [2.45, 2.75) is 50.0 Å². The van der Waals surface area contributed by atoms with Gasteiger partial charge >= 0.3 is 5.69 Å². The zero-order valence-corrected chi connectivity index (χ0v) is 19.6.